The third-order valence-electron chi connectivity index (χ3n) is 1.31. The molecule has 2 rings (SSSR count). The molecule has 0 unspecified atom stereocenters. The van der Waals surface area contributed by atoms with Crippen LogP contribution in [0.25, 0.3) is 0 Å². The Morgan fingerprint density at radius 2 is 2.50 bits per heavy atom. The Morgan fingerprint density at radius 1 is 1.50 bits per heavy atom. The van der Waals surface area contributed by atoms with Gasteiger partial charge in [0, 0.05) is 6.07 Å². The van der Waals surface area contributed by atoms with Gasteiger partial charge in [-0.1, -0.05) is 6.07 Å². The molecule has 1 aromatic rings. The van der Waals surface area contributed by atoms with Crippen LogP contribution in [0, 0.1) is 6.07 Å². The van der Waals surface area contributed by atoms with Gasteiger partial charge in [0.1, 0.15) is 5.69 Å². The summed E-state index contributed by atoms with van der Waals surface area (Å²) in [6.07, 6.45) is 3.36. The average molecular weight is 129 g/mol. The van der Waals surface area contributed by atoms with Crippen LogP contribution >= 0.6 is 0 Å². The molecule has 1 aromatic carbocycles. The monoisotopic (exact) mass is 129 g/mol. The highest BCUT2D eigenvalue weighted by molar-refractivity contribution is 6.18. The molecule has 1 aliphatic heterocycles. The molecule has 2 heteroatoms. The first-order valence-electron chi connectivity index (χ1n) is 3.03. The minimum absolute atomic E-state index is 0.894. The largest absolute Gasteiger partial charge is 0.303 e. The van der Waals surface area contributed by atoms with Crippen LogP contribution in [0.3, 0.4) is 0 Å². The van der Waals surface area contributed by atoms with Crippen molar-refractivity contribution in [1.82, 2.24) is 4.99 Å². The molecule has 0 fully saturated rings. The zero-order chi connectivity index (χ0) is 6.81. The lowest BCUT2D eigenvalue weighted by Crippen LogP contribution is -1.91. The first-order chi connectivity index (χ1) is 4.97. The molecule has 1 heterocycles. The van der Waals surface area contributed by atoms with Crippen molar-refractivity contribution in [2.24, 2.45) is 4.99 Å². The maximum absolute atomic E-state index is 4.10. The molecule has 0 aromatic heterocycles. The van der Waals surface area contributed by atoms with Gasteiger partial charge in [-0.3, -0.25) is 0 Å². The van der Waals surface area contributed by atoms with E-state index in [4.69, 9.17) is 0 Å². The summed E-state index contributed by atoms with van der Waals surface area (Å²) in [6.45, 7) is 0. The molecule has 0 aliphatic carbocycles. The zero-order valence-corrected chi connectivity index (χ0v) is 5.28. The van der Waals surface area contributed by atoms with E-state index < -0.39 is 0 Å². The van der Waals surface area contributed by atoms with Gasteiger partial charge in [0.15, 0.2) is 0 Å². The van der Waals surface area contributed by atoms with Gasteiger partial charge in [-0.15, -0.1) is 0 Å². The SMILES string of the molecule is [c]1ccc2c(c1)[N+]=CC=N2. The van der Waals surface area contributed by atoms with Crippen molar-refractivity contribution >= 4 is 23.8 Å². The summed E-state index contributed by atoms with van der Waals surface area (Å²) in [5, 5.41) is 0. The number of rotatable bonds is 0. The van der Waals surface area contributed by atoms with Gasteiger partial charge in [-0.2, -0.15) is 0 Å². The quantitative estimate of drug-likeness (QED) is 0.504. The number of hydrogen-bond donors (Lipinski definition) is 0. The zero-order valence-electron chi connectivity index (χ0n) is 5.28. The van der Waals surface area contributed by atoms with Crippen LogP contribution in [-0.2, 0) is 0 Å². The molecule has 46 valence electrons. The van der Waals surface area contributed by atoms with E-state index >= 15 is 0 Å². The molecule has 0 saturated carbocycles. The maximum atomic E-state index is 4.10. The Bertz CT molecular complexity index is 269. The highest BCUT2D eigenvalue weighted by Gasteiger charge is 2.10. The van der Waals surface area contributed by atoms with Crippen LogP contribution in [-0.4, -0.2) is 12.4 Å². The lowest BCUT2D eigenvalue weighted by Gasteiger charge is -1.89. The van der Waals surface area contributed by atoms with Gasteiger partial charge >= 0.3 is 5.69 Å². The van der Waals surface area contributed by atoms with Crippen molar-refractivity contribution < 1.29 is 0 Å². The van der Waals surface area contributed by atoms with E-state index in [1.807, 2.05) is 18.2 Å². The summed E-state index contributed by atoms with van der Waals surface area (Å²) in [6, 6.07) is 8.48. The first-order valence-corrected chi connectivity index (χ1v) is 3.03. The molecule has 0 spiro atoms. The van der Waals surface area contributed by atoms with Crippen LogP contribution < -0.4 is 4.99 Å². The average Bonchev–Trinajstić information content (AvgIpc) is 2.05. The lowest BCUT2D eigenvalue weighted by molar-refractivity contribution is 1.35. The summed E-state index contributed by atoms with van der Waals surface area (Å²) < 4.78 is 0. The Morgan fingerprint density at radius 3 is 3.40 bits per heavy atom. The molecular formula is C8H5N2+. The smallest absolute Gasteiger partial charge is 0.243 e. The van der Waals surface area contributed by atoms with Crippen molar-refractivity contribution in [2.45, 2.75) is 0 Å². The van der Waals surface area contributed by atoms with Gasteiger partial charge in [0.05, 0.1) is 11.2 Å². The second kappa shape index (κ2) is 2.06. The van der Waals surface area contributed by atoms with Crippen LogP contribution in [0.15, 0.2) is 23.2 Å². The van der Waals surface area contributed by atoms with E-state index in [0.717, 1.165) is 11.4 Å². The summed E-state index contributed by atoms with van der Waals surface area (Å²) in [5.74, 6) is 0. The van der Waals surface area contributed by atoms with Crippen LogP contribution in [0.2, 0.25) is 0 Å². The van der Waals surface area contributed by atoms with E-state index in [2.05, 4.69) is 16.1 Å². The predicted octanol–water partition coefficient (Wildman–Crippen LogP) is 1.24. The molecular weight excluding hydrogens is 124 g/mol. The molecule has 0 saturated heterocycles. The molecule has 10 heavy (non-hydrogen) atoms. The van der Waals surface area contributed by atoms with E-state index in [0.29, 0.717) is 0 Å². The van der Waals surface area contributed by atoms with Crippen LogP contribution in [0.1, 0.15) is 0 Å². The van der Waals surface area contributed by atoms with Crippen molar-refractivity contribution in [3.8, 4) is 0 Å². The Kier molecular flexibility index (Phi) is 1.10. The molecule has 0 atom stereocenters. The van der Waals surface area contributed by atoms with Crippen molar-refractivity contribution in [2.75, 3.05) is 0 Å². The Labute approximate surface area is 58.9 Å². The summed E-state index contributed by atoms with van der Waals surface area (Å²) >= 11 is 0. The maximum Gasteiger partial charge on any atom is 0.303 e. The first kappa shape index (κ1) is 5.35. The molecule has 0 amide bonds. The minimum Gasteiger partial charge on any atom is -0.243 e. The topological polar surface area (TPSA) is 26.5 Å². The Balaban J connectivity index is 2.65. The fraction of sp³-hybridized carbons (Fsp3) is 0. The van der Waals surface area contributed by atoms with Crippen LogP contribution in [0.4, 0.5) is 11.4 Å². The normalized spacial score (nSPS) is 13.2. The summed E-state index contributed by atoms with van der Waals surface area (Å²) in [7, 11) is 0. The minimum atomic E-state index is 0.894. The third kappa shape index (κ3) is 0.739. The number of benzene rings is 1. The van der Waals surface area contributed by atoms with Crippen molar-refractivity contribution in [3.05, 3.63) is 24.3 Å². The van der Waals surface area contributed by atoms with Gasteiger partial charge in [0.2, 0.25) is 0 Å². The van der Waals surface area contributed by atoms with Crippen molar-refractivity contribution in [1.29, 1.82) is 0 Å². The molecule has 0 bridgehead atoms. The number of aliphatic imine (C=N–C) groups is 2. The second-order valence-corrected chi connectivity index (χ2v) is 1.97. The summed E-state index contributed by atoms with van der Waals surface area (Å²) in [5.41, 5.74) is 1.81. The van der Waals surface area contributed by atoms with E-state index in [1.54, 1.807) is 12.4 Å². The fourth-order valence-corrected chi connectivity index (χ4v) is 0.853. The number of fused-ring (bicyclic) bond motifs is 1. The summed E-state index contributed by atoms with van der Waals surface area (Å²) in [4.78, 5) is 8.19. The molecule has 2 radical (unpaired) electrons. The van der Waals surface area contributed by atoms with Gasteiger partial charge in [-0.05, 0) is 12.1 Å². The fourth-order valence-electron chi connectivity index (χ4n) is 0.853. The standard InChI is InChI=1S/C8H5N2/c1-2-4-8-7(3-1)9-5-6-10-8/h1,3-6H/q+1. The third-order valence-corrected chi connectivity index (χ3v) is 1.31. The highest BCUT2D eigenvalue weighted by Crippen LogP contribution is 2.22. The molecule has 2 nitrogen and oxygen atoms in total. The highest BCUT2D eigenvalue weighted by atomic mass is 14.9. The number of nitrogens with zero attached hydrogens (tertiary/aromatic N) is 2. The second-order valence-electron chi connectivity index (χ2n) is 1.97. The predicted molar refractivity (Wildman–Crippen MR) is 41.3 cm³/mol. The molecule has 0 N–H and O–H groups in total. The van der Waals surface area contributed by atoms with E-state index in [1.165, 1.54) is 0 Å². The van der Waals surface area contributed by atoms with Crippen molar-refractivity contribution in [3.63, 3.8) is 0 Å². The Hall–Kier alpha value is -1.44. The van der Waals surface area contributed by atoms with E-state index in [-0.39, 0.29) is 0 Å². The molecule has 1 aliphatic rings. The van der Waals surface area contributed by atoms with Gasteiger partial charge in [0.25, 0.3) is 6.21 Å². The van der Waals surface area contributed by atoms with Gasteiger partial charge < -0.3 is 0 Å². The van der Waals surface area contributed by atoms with Crippen LogP contribution in [0.5, 0.6) is 0 Å². The van der Waals surface area contributed by atoms with E-state index in [9.17, 15) is 0 Å². The number of hydrogen-bond acceptors (Lipinski definition) is 2. The van der Waals surface area contributed by atoms with Gasteiger partial charge in [-0.25, -0.2) is 4.99 Å². The lowest BCUT2D eigenvalue weighted by atomic mass is 10.2.